The highest BCUT2D eigenvalue weighted by Gasteiger charge is 2.83. The van der Waals surface area contributed by atoms with Crippen molar-refractivity contribution < 1.29 is 58.8 Å². The van der Waals surface area contributed by atoms with Crippen LogP contribution in [0.15, 0.2) is 35.0 Å². The van der Waals surface area contributed by atoms with Gasteiger partial charge in [-0.05, 0) is 62.3 Å². The molecular formula is C34H45NO12S2. The predicted molar refractivity (Wildman–Crippen MR) is 180 cm³/mol. The van der Waals surface area contributed by atoms with Gasteiger partial charge in [-0.1, -0.05) is 27.7 Å². The molecule has 2 saturated carbocycles. The first-order valence-corrected chi connectivity index (χ1v) is 19.4. The van der Waals surface area contributed by atoms with Gasteiger partial charge >= 0.3 is 5.97 Å². The van der Waals surface area contributed by atoms with E-state index in [0.717, 1.165) is 0 Å². The van der Waals surface area contributed by atoms with Gasteiger partial charge in [0.05, 0.1) is 30.8 Å². The van der Waals surface area contributed by atoms with Crippen molar-refractivity contribution in [1.29, 1.82) is 0 Å². The average molecular weight is 724 g/mol. The summed E-state index contributed by atoms with van der Waals surface area (Å²) < 4.78 is 31.3. The molecule has 1 aromatic heterocycles. The van der Waals surface area contributed by atoms with Crippen molar-refractivity contribution in [3.63, 3.8) is 0 Å². The van der Waals surface area contributed by atoms with Crippen molar-refractivity contribution in [2.45, 2.75) is 79.1 Å². The summed E-state index contributed by atoms with van der Waals surface area (Å²) in [4.78, 5) is 12.6. The van der Waals surface area contributed by atoms with E-state index in [1.165, 1.54) is 33.9 Å². The van der Waals surface area contributed by atoms with Gasteiger partial charge in [0, 0.05) is 49.1 Å². The highest BCUT2D eigenvalue weighted by atomic mass is 33.1. The Balaban J connectivity index is 1.47. The van der Waals surface area contributed by atoms with Crippen LogP contribution in [0, 0.1) is 17.8 Å². The molecule has 5 aliphatic rings. The molecule has 0 amide bonds. The summed E-state index contributed by atoms with van der Waals surface area (Å²) in [7, 11) is 2.90. The molecule has 3 aliphatic heterocycles. The topological polar surface area (TPSA) is 201 Å². The monoisotopic (exact) mass is 723 g/mol. The lowest BCUT2D eigenvalue weighted by atomic mass is 9.46. The van der Waals surface area contributed by atoms with Gasteiger partial charge in [-0.2, -0.15) is 0 Å². The zero-order chi connectivity index (χ0) is 34.6. The van der Waals surface area contributed by atoms with Gasteiger partial charge in [0.25, 0.3) is 5.79 Å². The molecule has 2 aromatic rings. The number of fused-ring (bicyclic) bond motifs is 11. The summed E-state index contributed by atoms with van der Waals surface area (Å²) in [5, 5.41) is 74.6. The Bertz CT molecular complexity index is 1570. The van der Waals surface area contributed by atoms with Crippen LogP contribution in [-0.2, 0) is 20.7 Å². The highest BCUT2D eigenvalue weighted by molar-refractivity contribution is 8.77. The Hall–Kier alpha value is -2.05. The zero-order valence-electron chi connectivity index (χ0n) is 27.3. The number of carbonyl (C=O) groups is 1. The molecule has 10 atom stereocenters. The van der Waals surface area contributed by atoms with Crippen molar-refractivity contribution in [2.24, 2.45) is 17.8 Å². The first-order valence-electron chi connectivity index (χ1n) is 17.0. The normalized spacial score (nSPS) is 40.3. The molecule has 49 heavy (non-hydrogen) atoms. The third kappa shape index (κ3) is 5.34. The Morgan fingerprint density at radius 2 is 2.00 bits per heavy atom. The third-order valence-electron chi connectivity index (χ3n) is 11.2. The maximum Gasteiger partial charge on any atom is 0.306 e. The molecular weight excluding hydrogens is 679 g/mol. The van der Waals surface area contributed by atoms with Crippen molar-refractivity contribution in [3.8, 4) is 11.5 Å². The maximum atomic E-state index is 13.2. The molecule has 5 bridgehead atoms. The lowest BCUT2D eigenvalue weighted by Gasteiger charge is -2.72. The predicted octanol–water partition coefficient (Wildman–Crippen LogP) is 1.29. The summed E-state index contributed by atoms with van der Waals surface area (Å²) >= 11 is 0. The molecule has 4 heterocycles. The third-order valence-corrected chi connectivity index (χ3v) is 14.0. The standard InChI is InChI=1S/C34H45NO12S2/c1-2-43-25(39)6-4-19-15-20-8-12-44-27(20)29-28(19)46-33-9-7-24(49-48-14-11-35-10-13-45-29)32(18-37,47-33)31(41)16-21-3-5-23(38)22(17-36)26(21)34(33,42)30(31)40/h7-9,12,15,21-24,26,30,35-38,40-42H,2-6,10-11,13-14,16-18H2,1H3. The average Bonchev–Trinajstić information content (AvgIpc) is 3.56. The Morgan fingerprint density at radius 1 is 1.16 bits per heavy atom. The van der Waals surface area contributed by atoms with Gasteiger partial charge < -0.3 is 59.3 Å². The highest BCUT2D eigenvalue weighted by Crippen LogP contribution is 2.66. The minimum absolute atomic E-state index is 0.00904. The van der Waals surface area contributed by atoms with Crippen LogP contribution >= 0.6 is 21.6 Å². The number of nitrogens with one attached hydrogen (secondary N) is 1. The van der Waals surface area contributed by atoms with Gasteiger partial charge in [0.2, 0.25) is 5.75 Å². The first-order chi connectivity index (χ1) is 23.6. The number of carbonyl (C=O) groups excluding carboxylic acids is 1. The molecule has 13 nitrogen and oxygen atoms in total. The molecule has 0 radical (unpaired) electrons. The number of aryl methyl sites for hydroxylation is 1. The maximum absolute atomic E-state index is 13.2. The lowest BCUT2D eigenvalue weighted by molar-refractivity contribution is -0.453. The molecule has 1 aromatic carbocycles. The molecule has 7 rings (SSSR count). The van der Waals surface area contributed by atoms with E-state index in [0.29, 0.717) is 48.2 Å². The van der Waals surface area contributed by atoms with Crippen LogP contribution in [-0.4, -0.2) is 122 Å². The van der Waals surface area contributed by atoms with E-state index in [4.69, 9.17) is 23.4 Å². The molecule has 270 valence electrons. The van der Waals surface area contributed by atoms with Gasteiger partial charge in [0.1, 0.15) is 23.9 Å². The van der Waals surface area contributed by atoms with Crippen LogP contribution in [0.2, 0.25) is 0 Å². The number of aliphatic hydroxyl groups is 6. The van der Waals surface area contributed by atoms with E-state index >= 15 is 0 Å². The van der Waals surface area contributed by atoms with Crippen LogP contribution in [0.25, 0.3) is 11.0 Å². The van der Waals surface area contributed by atoms with Crippen molar-refractivity contribution in [1.82, 2.24) is 5.32 Å². The quantitative estimate of drug-likeness (QED) is 0.128. The number of hydrogen-bond donors (Lipinski definition) is 7. The fourth-order valence-corrected chi connectivity index (χ4v) is 11.7. The number of hydrogen-bond acceptors (Lipinski definition) is 15. The smallest absolute Gasteiger partial charge is 0.306 e. The number of esters is 1. The van der Waals surface area contributed by atoms with Crippen LogP contribution in [0.4, 0.5) is 0 Å². The molecule has 3 fully saturated rings. The summed E-state index contributed by atoms with van der Waals surface area (Å²) in [5.74, 6) is -4.17. The number of benzene rings is 1. The second-order valence-electron chi connectivity index (χ2n) is 13.7. The van der Waals surface area contributed by atoms with E-state index in [9.17, 15) is 35.4 Å². The van der Waals surface area contributed by atoms with Gasteiger partial charge in [0.15, 0.2) is 16.9 Å². The number of furan rings is 1. The molecule has 10 unspecified atom stereocenters. The molecule has 15 heteroatoms. The van der Waals surface area contributed by atoms with Gasteiger partial charge in [-0.25, -0.2) is 0 Å². The van der Waals surface area contributed by atoms with E-state index in [1.54, 1.807) is 25.1 Å². The van der Waals surface area contributed by atoms with Crippen molar-refractivity contribution >= 4 is 38.5 Å². The Morgan fingerprint density at radius 3 is 2.78 bits per heavy atom. The van der Waals surface area contributed by atoms with Gasteiger partial charge in [-0.3, -0.25) is 4.79 Å². The summed E-state index contributed by atoms with van der Waals surface area (Å²) in [6.07, 6.45) is 2.58. The largest absolute Gasteiger partial charge is 0.485 e. The molecule has 1 spiro atoms. The second-order valence-corrected chi connectivity index (χ2v) is 16.3. The molecule has 1 saturated heterocycles. The minimum Gasteiger partial charge on any atom is -0.485 e. The van der Waals surface area contributed by atoms with Crippen LogP contribution in [0.5, 0.6) is 11.5 Å². The summed E-state index contributed by atoms with van der Waals surface area (Å²) in [6.45, 7) is 2.03. The number of aliphatic hydroxyl groups excluding tert-OH is 4. The fraction of sp³-hybridized carbons (Fsp3) is 0.676. The van der Waals surface area contributed by atoms with Crippen LogP contribution in [0.3, 0.4) is 0 Å². The zero-order valence-corrected chi connectivity index (χ0v) is 28.9. The summed E-state index contributed by atoms with van der Waals surface area (Å²) in [5.41, 5.74) is -5.62. The molecule has 2 aliphatic carbocycles. The van der Waals surface area contributed by atoms with Gasteiger partial charge in [-0.15, -0.1) is 0 Å². The van der Waals surface area contributed by atoms with E-state index in [1.807, 2.05) is 0 Å². The van der Waals surface area contributed by atoms with Crippen molar-refractivity contribution in [2.75, 3.05) is 45.3 Å². The van der Waals surface area contributed by atoms with E-state index in [2.05, 4.69) is 5.32 Å². The lowest BCUT2D eigenvalue weighted by Crippen LogP contribution is -2.90. The first kappa shape index (κ1) is 35.4. The Labute approximate surface area is 291 Å². The summed E-state index contributed by atoms with van der Waals surface area (Å²) in [6, 6.07) is 3.54. The second kappa shape index (κ2) is 13.5. The molecule has 7 N–H and O–H groups in total. The Kier molecular flexibility index (Phi) is 9.74. The minimum atomic E-state index is -2.46. The number of rotatable bonds is 6. The van der Waals surface area contributed by atoms with Crippen LogP contribution < -0.4 is 14.8 Å². The SMILES string of the molecule is CCOC(=O)CCc1cc2ccoc2c2c1OC13C=CC(SSCCNCCO2)C(CO)(O1)C1(O)CC2CCC(O)C(CO)C2C3(O)C1O. The van der Waals surface area contributed by atoms with E-state index in [-0.39, 0.29) is 44.0 Å². The fourth-order valence-electron chi connectivity index (χ4n) is 8.95. The van der Waals surface area contributed by atoms with Crippen LogP contribution in [0.1, 0.15) is 38.2 Å². The van der Waals surface area contributed by atoms with E-state index < -0.39 is 77.0 Å². The van der Waals surface area contributed by atoms with Crippen molar-refractivity contribution in [3.05, 3.63) is 36.1 Å². The number of ether oxygens (including phenoxy) is 4.